The van der Waals surface area contributed by atoms with Crippen LogP contribution in [0.4, 0.5) is 0 Å². The van der Waals surface area contributed by atoms with Crippen LogP contribution >= 0.6 is 0 Å². The summed E-state index contributed by atoms with van der Waals surface area (Å²) < 4.78 is 0. The number of hydrogen-bond donors (Lipinski definition) is 1. The monoisotopic (exact) mass is 193 g/mol. The molecule has 4 saturated carbocycles. The van der Waals surface area contributed by atoms with E-state index in [0.29, 0.717) is 5.41 Å². The van der Waals surface area contributed by atoms with E-state index < -0.39 is 0 Å². The SMILES string of the molecule is O=CNCC12CC3CC(CC(C3)C1)C2. The second-order valence-electron chi connectivity index (χ2n) is 5.92. The van der Waals surface area contributed by atoms with Gasteiger partial charge in [-0.1, -0.05) is 0 Å². The van der Waals surface area contributed by atoms with Crippen molar-refractivity contribution in [3.63, 3.8) is 0 Å². The van der Waals surface area contributed by atoms with Gasteiger partial charge >= 0.3 is 0 Å². The molecule has 4 aliphatic rings. The normalized spacial score (nSPS) is 49.3. The zero-order chi connectivity index (χ0) is 9.60. The summed E-state index contributed by atoms with van der Waals surface area (Å²) >= 11 is 0. The van der Waals surface area contributed by atoms with Crippen molar-refractivity contribution in [3.8, 4) is 0 Å². The van der Waals surface area contributed by atoms with E-state index in [9.17, 15) is 4.79 Å². The molecule has 2 nitrogen and oxygen atoms in total. The first kappa shape index (κ1) is 8.75. The molecule has 0 unspecified atom stereocenters. The molecule has 2 heteroatoms. The van der Waals surface area contributed by atoms with Gasteiger partial charge in [-0.15, -0.1) is 0 Å². The third-order valence-electron chi connectivity index (χ3n) is 4.73. The van der Waals surface area contributed by atoms with Crippen LogP contribution in [0.15, 0.2) is 0 Å². The summed E-state index contributed by atoms with van der Waals surface area (Å²) in [6, 6.07) is 0. The first-order valence-corrected chi connectivity index (χ1v) is 5.97. The highest BCUT2D eigenvalue weighted by Gasteiger charge is 2.50. The maximum atomic E-state index is 10.4. The molecule has 4 bridgehead atoms. The summed E-state index contributed by atoms with van der Waals surface area (Å²) in [5.41, 5.74) is 0.510. The Labute approximate surface area is 85.4 Å². The van der Waals surface area contributed by atoms with Crippen molar-refractivity contribution in [3.05, 3.63) is 0 Å². The number of amides is 1. The topological polar surface area (TPSA) is 29.1 Å². The van der Waals surface area contributed by atoms with Gasteiger partial charge in [-0.05, 0) is 61.7 Å². The summed E-state index contributed by atoms with van der Waals surface area (Å²) in [4.78, 5) is 10.4. The number of hydrogen-bond acceptors (Lipinski definition) is 1. The molecule has 4 fully saturated rings. The van der Waals surface area contributed by atoms with Gasteiger partial charge in [0.1, 0.15) is 0 Å². The van der Waals surface area contributed by atoms with Crippen LogP contribution in [-0.2, 0) is 4.79 Å². The van der Waals surface area contributed by atoms with Gasteiger partial charge in [-0.2, -0.15) is 0 Å². The van der Waals surface area contributed by atoms with Crippen molar-refractivity contribution >= 4 is 6.41 Å². The van der Waals surface area contributed by atoms with E-state index in [0.717, 1.165) is 30.7 Å². The summed E-state index contributed by atoms with van der Waals surface area (Å²) in [5.74, 6) is 2.99. The minimum absolute atomic E-state index is 0.510. The van der Waals surface area contributed by atoms with Gasteiger partial charge in [-0.3, -0.25) is 4.79 Å². The van der Waals surface area contributed by atoms with Crippen molar-refractivity contribution in [2.45, 2.75) is 38.5 Å². The number of carbonyl (C=O) groups is 1. The molecule has 1 N–H and O–H groups in total. The summed E-state index contributed by atoms with van der Waals surface area (Å²) in [6.45, 7) is 0.944. The predicted molar refractivity (Wildman–Crippen MR) is 54.7 cm³/mol. The minimum atomic E-state index is 0.510. The van der Waals surface area contributed by atoms with E-state index in [2.05, 4.69) is 5.32 Å². The quantitative estimate of drug-likeness (QED) is 0.682. The molecule has 0 heterocycles. The Morgan fingerprint density at radius 1 is 1.07 bits per heavy atom. The molecule has 0 atom stereocenters. The van der Waals surface area contributed by atoms with Gasteiger partial charge in [0.05, 0.1) is 0 Å². The first-order chi connectivity index (χ1) is 6.80. The lowest BCUT2D eigenvalue weighted by molar-refractivity contribution is -0.111. The van der Waals surface area contributed by atoms with E-state index in [1.54, 1.807) is 0 Å². The van der Waals surface area contributed by atoms with E-state index in [-0.39, 0.29) is 0 Å². The van der Waals surface area contributed by atoms with Crippen molar-refractivity contribution in [2.75, 3.05) is 6.54 Å². The zero-order valence-corrected chi connectivity index (χ0v) is 8.67. The zero-order valence-electron chi connectivity index (χ0n) is 8.67. The average Bonchev–Trinajstić information content (AvgIpc) is 2.12. The van der Waals surface area contributed by atoms with Crippen LogP contribution < -0.4 is 5.32 Å². The molecule has 0 aromatic rings. The Morgan fingerprint density at radius 3 is 2.00 bits per heavy atom. The third-order valence-corrected chi connectivity index (χ3v) is 4.73. The molecular formula is C12H19NO. The maximum absolute atomic E-state index is 10.4. The Balaban J connectivity index is 1.77. The van der Waals surface area contributed by atoms with Crippen molar-refractivity contribution in [2.24, 2.45) is 23.2 Å². The lowest BCUT2D eigenvalue weighted by Crippen LogP contribution is -2.50. The smallest absolute Gasteiger partial charge is 0.207 e. The summed E-state index contributed by atoms with van der Waals surface area (Å²) in [5, 5.41) is 2.92. The molecule has 0 aromatic heterocycles. The fourth-order valence-corrected chi connectivity index (χ4v) is 4.76. The van der Waals surface area contributed by atoms with E-state index in [1.807, 2.05) is 0 Å². The number of nitrogens with one attached hydrogen (secondary N) is 1. The van der Waals surface area contributed by atoms with Crippen molar-refractivity contribution in [1.82, 2.24) is 5.32 Å². The van der Waals surface area contributed by atoms with Crippen LogP contribution in [0.25, 0.3) is 0 Å². The highest BCUT2D eigenvalue weighted by molar-refractivity contribution is 5.46. The molecule has 0 aliphatic heterocycles. The predicted octanol–water partition coefficient (Wildman–Crippen LogP) is 1.95. The second-order valence-corrected chi connectivity index (χ2v) is 5.92. The Bertz CT molecular complexity index is 213. The summed E-state index contributed by atoms with van der Waals surface area (Å²) in [6.07, 6.45) is 9.50. The van der Waals surface area contributed by atoms with Gasteiger partial charge in [0.2, 0.25) is 6.41 Å². The fraction of sp³-hybridized carbons (Fsp3) is 0.917. The van der Waals surface area contributed by atoms with Gasteiger partial charge in [0.25, 0.3) is 0 Å². The highest BCUT2D eigenvalue weighted by Crippen LogP contribution is 2.59. The molecule has 0 saturated heterocycles. The first-order valence-electron chi connectivity index (χ1n) is 5.97. The minimum Gasteiger partial charge on any atom is -0.358 e. The lowest BCUT2D eigenvalue weighted by atomic mass is 9.49. The molecular weight excluding hydrogens is 174 g/mol. The van der Waals surface area contributed by atoms with Crippen LogP contribution in [0.2, 0.25) is 0 Å². The van der Waals surface area contributed by atoms with Crippen molar-refractivity contribution < 1.29 is 4.79 Å². The molecule has 0 aromatic carbocycles. The van der Waals surface area contributed by atoms with Gasteiger partial charge in [0, 0.05) is 6.54 Å². The van der Waals surface area contributed by atoms with Crippen LogP contribution in [0.3, 0.4) is 0 Å². The molecule has 4 rings (SSSR count). The third kappa shape index (κ3) is 1.27. The Hall–Kier alpha value is -0.530. The standard InChI is InChI=1S/C12H19NO/c14-8-13-7-12-4-9-1-10(5-12)3-11(2-9)6-12/h8-11H,1-7H2,(H,13,14). The van der Waals surface area contributed by atoms with E-state index >= 15 is 0 Å². The van der Waals surface area contributed by atoms with Crippen LogP contribution in [0.5, 0.6) is 0 Å². The number of carbonyl (C=O) groups excluding carboxylic acids is 1. The largest absolute Gasteiger partial charge is 0.358 e. The molecule has 14 heavy (non-hydrogen) atoms. The van der Waals surface area contributed by atoms with Crippen LogP contribution in [0, 0.1) is 23.2 Å². The van der Waals surface area contributed by atoms with Gasteiger partial charge in [0.15, 0.2) is 0 Å². The molecule has 0 radical (unpaired) electrons. The summed E-state index contributed by atoms with van der Waals surface area (Å²) in [7, 11) is 0. The molecule has 78 valence electrons. The van der Waals surface area contributed by atoms with Gasteiger partial charge < -0.3 is 5.32 Å². The van der Waals surface area contributed by atoms with Crippen LogP contribution in [-0.4, -0.2) is 13.0 Å². The second kappa shape index (κ2) is 2.98. The number of rotatable bonds is 3. The Morgan fingerprint density at radius 2 is 1.57 bits per heavy atom. The average molecular weight is 193 g/mol. The highest BCUT2D eigenvalue weighted by atomic mass is 16.1. The Kier molecular flexibility index (Phi) is 1.86. The van der Waals surface area contributed by atoms with Gasteiger partial charge in [-0.25, -0.2) is 0 Å². The van der Waals surface area contributed by atoms with Crippen molar-refractivity contribution in [1.29, 1.82) is 0 Å². The van der Waals surface area contributed by atoms with Crippen LogP contribution in [0.1, 0.15) is 38.5 Å². The molecule has 0 spiro atoms. The molecule has 1 amide bonds. The molecule has 4 aliphatic carbocycles. The lowest BCUT2D eigenvalue weighted by Gasteiger charge is -2.56. The fourth-order valence-electron chi connectivity index (χ4n) is 4.76. The van der Waals surface area contributed by atoms with E-state index in [1.165, 1.54) is 38.5 Å². The van der Waals surface area contributed by atoms with E-state index in [4.69, 9.17) is 0 Å². The maximum Gasteiger partial charge on any atom is 0.207 e.